The molecule has 0 saturated carbocycles. The minimum atomic E-state index is -1.94. The first-order chi connectivity index (χ1) is 12.2. The number of carbonyl (C=O) groups excluding carboxylic acids is 1. The van der Waals surface area contributed by atoms with E-state index in [1.807, 2.05) is 18.2 Å². The number of rotatable bonds is 6. The van der Waals surface area contributed by atoms with Crippen LogP contribution in [0.3, 0.4) is 0 Å². The highest BCUT2D eigenvalue weighted by Crippen LogP contribution is 2.54. The molecule has 0 heterocycles. The average molecular weight is 350 g/mol. The van der Waals surface area contributed by atoms with E-state index in [-0.39, 0.29) is 0 Å². The average Bonchev–Trinajstić information content (AvgIpc) is 2.67. The molecule has 1 amide bonds. The molecule has 0 radical (unpaired) electrons. The van der Waals surface area contributed by atoms with Crippen LogP contribution in [0.4, 0.5) is 4.79 Å². The fourth-order valence-electron chi connectivity index (χ4n) is 3.17. The van der Waals surface area contributed by atoms with E-state index < -0.39 is 13.4 Å². The standard InChI is InChI=1S/C21H20NO2P/c22-21(23)24-16-17-25(18-10-4-1-5-11-18,19-12-6-2-7-13-19)20-14-8-3-9-15-20/h1-15H,16-17H2,(H-,22,23)/p+1. The van der Waals surface area contributed by atoms with Crippen molar-refractivity contribution < 1.29 is 9.53 Å². The zero-order valence-electron chi connectivity index (χ0n) is 13.9. The molecule has 3 aromatic carbocycles. The van der Waals surface area contributed by atoms with Gasteiger partial charge in [0.1, 0.15) is 35.9 Å². The number of hydrogen-bond donors (Lipinski definition) is 1. The Balaban J connectivity index is 2.18. The van der Waals surface area contributed by atoms with Gasteiger partial charge in [-0.05, 0) is 36.4 Å². The Morgan fingerprint density at radius 2 is 1.08 bits per heavy atom. The van der Waals surface area contributed by atoms with Crippen molar-refractivity contribution in [2.45, 2.75) is 0 Å². The van der Waals surface area contributed by atoms with Gasteiger partial charge in [-0.25, -0.2) is 4.79 Å². The molecule has 3 aromatic rings. The topological polar surface area (TPSA) is 52.3 Å². The van der Waals surface area contributed by atoms with E-state index in [0.29, 0.717) is 12.8 Å². The fraction of sp³-hybridized carbons (Fsp3) is 0.0952. The fourth-order valence-corrected chi connectivity index (χ4v) is 7.24. The number of hydrogen-bond acceptors (Lipinski definition) is 2. The van der Waals surface area contributed by atoms with E-state index in [9.17, 15) is 4.79 Å². The lowest BCUT2D eigenvalue weighted by atomic mass is 10.4. The van der Waals surface area contributed by atoms with Crippen LogP contribution in [0.2, 0.25) is 0 Å². The summed E-state index contributed by atoms with van der Waals surface area (Å²) >= 11 is 0. The summed E-state index contributed by atoms with van der Waals surface area (Å²) in [5.41, 5.74) is 5.19. The molecule has 2 N–H and O–H groups in total. The van der Waals surface area contributed by atoms with Gasteiger partial charge in [-0.2, -0.15) is 0 Å². The first kappa shape index (κ1) is 17.2. The van der Waals surface area contributed by atoms with E-state index in [4.69, 9.17) is 10.5 Å². The van der Waals surface area contributed by atoms with Crippen molar-refractivity contribution in [1.29, 1.82) is 0 Å². The summed E-state index contributed by atoms with van der Waals surface area (Å²) in [6.45, 7) is 0.293. The maximum Gasteiger partial charge on any atom is 0.404 e. The molecule has 0 aliphatic carbocycles. The highest BCUT2D eigenvalue weighted by molar-refractivity contribution is 7.95. The van der Waals surface area contributed by atoms with Gasteiger partial charge in [0.05, 0.1) is 0 Å². The van der Waals surface area contributed by atoms with Gasteiger partial charge in [0.15, 0.2) is 0 Å². The smallest absolute Gasteiger partial charge is 0.404 e. The molecule has 3 rings (SSSR count). The summed E-state index contributed by atoms with van der Waals surface area (Å²) in [6.07, 6.45) is -0.0131. The number of benzene rings is 3. The summed E-state index contributed by atoms with van der Waals surface area (Å²) in [5.74, 6) is 0. The molecule has 3 nitrogen and oxygen atoms in total. The van der Waals surface area contributed by atoms with Gasteiger partial charge >= 0.3 is 6.09 Å². The van der Waals surface area contributed by atoms with E-state index in [0.717, 1.165) is 0 Å². The Bertz CT molecular complexity index is 710. The molecule has 0 unspecified atom stereocenters. The first-order valence-electron chi connectivity index (χ1n) is 8.20. The van der Waals surface area contributed by atoms with E-state index in [1.54, 1.807) is 0 Å². The molecular formula is C21H21NO2P+. The van der Waals surface area contributed by atoms with Gasteiger partial charge < -0.3 is 10.5 Å². The quantitative estimate of drug-likeness (QED) is 0.695. The number of primary amides is 1. The van der Waals surface area contributed by atoms with E-state index >= 15 is 0 Å². The zero-order valence-corrected chi connectivity index (χ0v) is 14.8. The molecule has 0 atom stereocenters. The van der Waals surface area contributed by atoms with E-state index in [2.05, 4.69) is 72.8 Å². The van der Waals surface area contributed by atoms with Crippen LogP contribution in [0, 0.1) is 0 Å². The third-order valence-electron chi connectivity index (χ3n) is 4.26. The third-order valence-corrected chi connectivity index (χ3v) is 8.65. The Hall–Kier alpha value is -2.64. The van der Waals surface area contributed by atoms with Crippen molar-refractivity contribution in [2.24, 2.45) is 5.73 Å². The predicted molar refractivity (Wildman–Crippen MR) is 106 cm³/mol. The molecule has 0 aromatic heterocycles. The zero-order chi connectivity index (χ0) is 17.5. The van der Waals surface area contributed by atoms with Crippen molar-refractivity contribution in [2.75, 3.05) is 12.8 Å². The summed E-state index contributed by atoms with van der Waals surface area (Å²) in [6, 6.07) is 31.4. The lowest BCUT2D eigenvalue weighted by Gasteiger charge is -2.27. The Morgan fingerprint density at radius 1 is 0.720 bits per heavy atom. The van der Waals surface area contributed by atoms with Crippen LogP contribution in [0.25, 0.3) is 0 Å². The first-order valence-corrected chi connectivity index (χ1v) is 10.2. The monoisotopic (exact) mass is 350 g/mol. The van der Waals surface area contributed by atoms with Crippen LogP contribution in [0.5, 0.6) is 0 Å². The minimum absolute atomic E-state index is 0.293. The number of nitrogens with two attached hydrogens (primary N) is 1. The number of ether oxygens (including phenoxy) is 1. The molecule has 126 valence electrons. The van der Waals surface area contributed by atoms with Gasteiger partial charge in [0.25, 0.3) is 0 Å². The van der Waals surface area contributed by atoms with Crippen LogP contribution in [0.15, 0.2) is 91.0 Å². The van der Waals surface area contributed by atoms with Crippen molar-refractivity contribution in [3.05, 3.63) is 91.0 Å². The van der Waals surface area contributed by atoms with Crippen LogP contribution < -0.4 is 21.6 Å². The van der Waals surface area contributed by atoms with Gasteiger partial charge in [-0.3, -0.25) is 0 Å². The molecular weight excluding hydrogens is 329 g/mol. The number of amides is 1. The lowest BCUT2D eigenvalue weighted by Crippen LogP contribution is -2.35. The molecule has 0 bridgehead atoms. The van der Waals surface area contributed by atoms with Crippen LogP contribution >= 0.6 is 7.26 Å². The van der Waals surface area contributed by atoms with Crippen molar-refractivity contribution in [3.63, 3.8) is 0 Å². The third kappa shape index (κ3) is 3.72. The van der Waals surface area contributed by atoms with E-state index in [1.165, 1.54) is 15.9 Å². The predicted octanol–water partition coefficient (Wildman–Crippen LogP) is 3.08. The second kappa shape index (κ2) is 7.96. The second-order valence-corrected chi connectivity index (χ2v) is 9.32. The van der Waals surface area contributed by atoms with Crippen molar-refractivity contribution >= 4 is 29.3 Å². The van der Waals surface area contributed by atoms with Gasteiger partial charge in [-0.15, -0.1) is 0 Å². The van der Waals surface area contributed by atoms with Crippen LogP contribution in [-0.2, 0) is 4.74 Å². The molecule has 4 heteroatoms. The maximum atomic E-state index is 11.1. The Kier molecular flexibility index (Phi) is 5.47. The van der Waals surface area contributed by atoms with Crippen LogP contribution in [-0.4, -0.2) is 18.9 Å². The molecule has 0 saturated heterocycles. The second-order valence-electron chi connectivity index (χ2n) is 5.71. The SMILES string of the molecule is NC(=O)OCC[P+](c1ccccc1)(c1ccccc1)c1ccccc1. The summed E-state index contributed by atoms with van der Waals surface area (Å²) < 4.78 is 5.13. The molecule has 25 heavy (non-hydrogen) atoms. The molecule has 0 aliphatic rings. The summed E-state index contributed by atoms with van der Waals surface area (Å²) in [7, 11) is -1.94. The maximum absolute atomic E-state index is 11.1. The van der Waals surface area contributed by atoms with Crippen LogP contribution in [0.1, 0.15) is 0 Å². The molecule has 0 fully saturated rings. The Labute approximate surface area is 148 Å². The number of carbonyl (C=O) groups is 1. The van der Waals surface area contributed by atoms with Gasteiger partial charge in [0.2, 0.25) is 0 Å². The van der Waals surface area contributed by atoms with Crippen molar-refractivity contribution in [3.8, 4) is 0 Å². The lowest BCUT2D eigenvalue weighted by molar-refractivity contribution is 0.164. The highest BCUT2D eigenvalue weighted by atomic mass is 31.2. The summed E-state index contributed by atoms with van der Waals surface area (Å²) in [5, 5.41) is 3.79. The largest absolute Gasteiger partial charge is 0.446 e. The normalized spacial score (nSPS) is 11.0. The molecule has 0 spiro atoms. The molecule has 0 aliphatic heterocycles. The minimum Gasteiger partial charge on any atom is -0.446 e. The van der Waals surface area contributed by atoms with Gasteiger partial charge in [0, 0.05) is 0 Å². The van der Waals surface area contributed by atoms with Gasteiger partial charge in [-0.1, -0.05) is 54.6 Å². The summed E-state index contributed by atoms with van der Waals surface area (Å²) in [4.78, 5) is 11.1. The highest BCUT2D eigenvalue weighted by Gasteiger charge is 2.45. The van der Waals surface area contributed by atoms with Crippen molar-refractivity contribution in [1.82, 2.24) is 0 Å². The Morgan fingerprint density at radius 3 is 1.40 bits per heavy atom.